The molecule has 2 fully saturated rings. The molecule has 3 unspecified atom stereocenters. The van der Waals surface area contributed by atoms with Gasteiger partial charge in [-0.3, -0.25) is 4.98 Å². The van der Waals surface area contributed by atoms with Crippen LogP contribution in [0.1, 0.15) is 49.3 Å². The number of hydrogen-bond donors (Lipinski definition) is 0. The van der Waals surface area contributed by atoms with Crippen LogP contribution in [-0.4, -0.2) is 42.7 Å². The number of rotatable bonds is 5. The number of para-hydroxylation sites is 2. The molecule has 2 aromatic rings. The van der Waals surface area contributed by atoms with Crippen molar-refractivity contribution in [3.05, 3.63) is 53.9 Å². The summed E-state index contributed by atoms with van der Waals surface area (Å²) in [6, 6.07) is 12.3. The Hall–Kier alpha value is -2.07. The van der Waals surface area contributed by atoms with Crippen molar-refractivity contribution < 1.29 is 9.47 Å². The molecule has 0 N–H and O–H groups in total. The van der Waals surface area contributed by atoms with Crippen molar-refractivity contribution in [2.24, 2.45) is 5.41 Å². The molecule has 3 atom stereocenters. The number of aromatic nitrogens is 1. The monoisotopic (exact) mass is 378 g/mol. The second-order valence-electron chi connectivity index (χ2n) is 8.90. The lowest BCUT2D eigenvalue weighted by Crippen LogP contribution is -2.29. The summed E-state index contributed by atoms with van der Waals surface area (Å²) in [6.45, 7) is 3.61. The largest absolute Gasteiger partial charge is 0.493 e. The van der Waals surface area contributed by atoms with Gasteiger partial charge >= 0.3 is 0 Å². The average Bonchev–Trinajstić information content (AvgIpc) is 3.43. The highest BCUT2D eigenvalue weighted by Crippen LogP contribution is 2.47. The van der Waals surface area contributed by atoms with Crippen LogP contribution in [0, 0.1) is 5.41 Å². The fourth-order valence-corrected chi connectivity index (χ4v) is 5.69. The van der Waals surface area contributed by atoms with E-state index in [4.69, 9.17) is 9.47 Å². The quantitative estimate of drug-likeness (QED) is 0.770. The van der Waals surface area contributed by atoms with Crippen LogP contribution >= 0.6 is 0 Å². The zero-order valence-corrected chi connectivity index (χ0v) is 16.8. The molecule has 1 spiro atoms. The van der Waals surface area contributed by atoms with Gasteiger partial charge in [-0.05, 0) is 74.2 Å². The smallest absolute Gasteiger partial charge is 0.161 e. The molecule has 28 heavy (non-hydrogen) atoms. The number of likely N-dealkylation sites (tertiary alicyclic amines) is 1. The molecule has 148 valence electrons. The van der Waals surface area contributed by atoms with Crippen molar-refractivity contribution in [1.29, 1.82) is 0 Å². The first-order valence-electron chi connectivity index (χ1n) is 10.7. The van der Waals surface area contributed by atoms with Gasteiger partial charge in [-0.15, -0.1) is 0 Å². The minimum absolute atomic E-state index is 0.310. The minimum atomic E-state index is 0.310. The van der Waals surface area contributed by atoms with E-state index in [0.29, 0.717) is 17.4 Å². The van der Waals surface area contributed by atoms with Gasteiger partial charge in [0.15, 0.2) is 11.5 Å². The van der Waals surface area contributed by atoms with Gasteiger partial charge in [0.2, 0.25) is 0 Å². The van der Waals surface area contributed by atoms with Gasteiger partial charge in [-0.25, -0.2) is 0 Å². The van der Waals surface area contributed by atoms with Crippen molar-refractivity contribution in [2.75, 3.05) is 26.7 Å². The Balaban J connectivity index is 1.19. The zero-order chi connectivity index (χ0) is 19.0. The Labute approximate surface area is 167 Å². The second kappa shape index (κ2) is 7.40. The lowest BCUT2D eigenvalue weighted by atomic mass is 9.85. The average molecular weight is 379 g/mol. The summed E-state index contributed by atoms with van der Waals surface area (Å²) in [5, 5.41) is 0. The van der Waals surface area contributed by atoms with Gasteiger partial charge in [0.05, 0.1) is 13.2 Å². The highest BCUT2D eigenvalue weighted by atomic mass is 16.5. The Kier molecular flexibility index (Phi) is 4.75. The van der Waals surface area contributed by atoms with Crippen LogP contribution < -0.4 is 9.47 Å². The molecule has 4 nitrogen and oxygen atoms in total. The van der Waals surface area contributed by atoms with Gasteiger partial charge in [0.1, 0.15) is 0 Å². The summed E-state index contributed by atoms with van der Waals surface area (Å²) in [4.78, 5) is 7.38. The Morgan fingerprint density at radius 2 is 2.00 bits per heavy atom. The summed E-state index contributed by atoms with van der Waals surface area (Å²) in [5.74, 6) is 2.34. The van der Waals surface area contributed by atoms with Crippen molar-refractivity contribution in [3.8, 4) is 11.5 Å². The number of nitrogens with zero attached hydrogens (tertiary/aromatic N) is 2. The molecule has 1 aliphatic heterocycles. The molecule has 2 aliphatic carbocycles. The summed E-state index contributed by atoms with van der Waals surface area (Å²) in [6.07, 6.45) is 9.63. The maximum atomic E-state index is 6.35. The Bertz CT molecular complexity index is 839. The molecule has 0 amide bonds. The van der Waals surface area contributed by atoms with Crippen LogP contribution in [0.5, 0.6) is 11.5 Å². The van der Waals surface area contributed by atoms with E-state index in [9.17, 15) is 0 Å². The number of hydrogen-bond acceptors (Lipinski definition) is 4. The van der Waals surface area contributed by atoms with Crippen LogP contribution in [-0.2, 0) is 6.42 Å². The van der Waals surface area contributed by atoms with E-state index in [2.05, 4.69) is 22.0 Å². The second-order valence-corrected chi connectivity index (χ2v) is 8.90. The molecule has 4 heteroatoms. The Morgan fingerprint density at radius 3 is 2.89 bits per heavy atom. The molecule has 2 heterocycles. The van der Waals surface area contributed by atoms with Crippen molar-refractivity contribution in [1.82, 2.24) is 9.88 Å². The third-order valence-corrected chi connectivity index (χ3v) is 7.09. The highest BCUT2D eigenvalue weighted by molar-refractivity contribution is 5.39. The summed E-state index contributed by atoms with van der Waals surface area (Å²) >= 11 is 0. The Morgan fingerprint density at radius 1 is 1.11 bits per heavy atom. The van der Waals surface area contributed by atoms with E-state index in [1.807, 2.05) is 30.5 Å². The molecule has 0 bridgehead atoms. The molecule has 1 aromatic heterocycles. The predicted octanol–water partition coefficient (Wildman–Crippen LogP) is 4.44. The first-order valence-corrected chi connectivity index (χ1v) is 10.7. The lowest BCUT2D eigenvalue weighted by molar-refractivity contribution is 0.174. The standard InChI is InChI=1S/C24H30N2O2/c1-27-21-6-2-3-7-22(21)28-20-10-11-24(15-20)12-14-26(17-24)16-19-9-8-18-5-4-13-25-23(18)19/h2-7,13,19-20H,8-12,14-17H2,1H3. The first kappa shape index (κ1) is 18.0. The van der Waals surface area contributed by atoms with Gasteiger partial charge < -0.3 is 14.4 Å². The van der Waals surface area contributed by atoms with E-state index in [0.717, 1.165) is 17.9 Å². The van der Waals surface area contributed by atoms with Crippen molar-refractivity contribution in [2.45, 2.75) is 50.5 Å². The highest BCUT2D eigenvalue weighted by Gasteiger charge is 2.45. The molecular weight excluding hydrogens is 348 g/mol. The van der Waals surface area contributed by atoms with Crippen molar-refractivity contribution in [3.63, 3.8) is 0 Å². The zero-order valence-electron chi connectivity index (χ0n) is 16.8. The van der Waals surface area contributed by atoms with Gasteiger partial charge in [-0.1, -0.05) is 18.2 Å². The number of aryl methyl sites for hydroxylation is 1. The van der Waals surface area contributed by atoms with E-state index in [1.165, 1.54) is 63.0 Å². The molecule has 1 aromatic carbocycles. The summed E-state index contributed by atoms with van der Waals surface area (Å²) < 4.78 is 11.8. The normalized spacial score (nSPS) is 29.3. The molecule has 1 saturated carbocycles. The SMILES string of the molecule is COc1ccccc1OC1CCC2(CCN(CC3CCc4cccnc43)C2)C1. The van der Waals surface area contributed by atoms with Gasteiger partial charge in [0.25, 0.3) is 0 Å². The third-order valence-electron chi connectivity index (χ3n) is 7.09. The minimum Gasteiger partial charge on any atom is -0.493 e. The van der Waals surface area contributed by atoms with E-state index in [-0.39, 0.29) is 0 Å². The molecule has 3 aliphatic rings. The van der Waals surface area contributed by atoms with Crippen LogP contribution in [0.2, 0.25) is 0 Å². The number of fused-ring (bicyclic) bond motifs is 1. The van der Waals surface area contributed by atoms with E-state index < -0.39 is 0 Å². The summed E-state index contributed by atoms with van der Waals surface area (Å²) in [7, 11) is 1.71. The molecule has 0 radical (unpaired) electrons. The predicted molar refractivity (Wildman–Crippen MR) is 110 cm³/mol. The number of ether oxygens (including phenoxy) is 2. The van der Waals surface area contributed by atoms with Crippen LogP contribution in [0.15, 0.2) is 42.6 Å². The number of benzene rings is 1. The number of pyridine rings is 1. The fraction of sp³-hybridized carbons (Fsp3) is 0.542. The van der Waals surface area contributed by atoms with Crippen molar-refractivity contribution >= 4 is 0 Å². The van der Waals surface area contributed by atoms with E-state index in [1.54, 1.807) is 7.11 Å². The summed E-state index contributed by atoms with van der Waals surface area (Å²) in [5.41, 5.74) is 3.26. The maximum absolute atomic E-state index is 6.35. The molecular formula is C24H30N2O2. The maximum Gasteiger partial charge on any atom is 0.161 e. The van der Waals surface area contributed by atoms with Crippen LogP contribution in [0.3, 0.4) is 0 Å². The van der Waals surface area contributed by atoms with Crippen LogP contribution in [0.25, 0.3) is 0 Å². The van der Waals surface area contributed by atoms with Gasteiger partial charge in [0, 0.05) is 30.9 Å². The lowest BCUT2D eigenvalue weighted by Gasteiger charge is -2.26. The van der Waals surface area contributed by atoms with E-state index >= 15 is 0 Å². The fourth-order valence-electron chi connectivity index (χ4n) is 5.69. The third kappa shape index (κ3) is 3.39. The molecule has 1 saturated heterocycles. The molecule has 5 rings (SSSR count). The van der Waals surface area contributed by atoms with Gasteiger partial charge in [-0.2, -0.15) is 0 Å². The van der Waals surface area contributed by atoms with Crippen LogP contribution in [0.4, 0.5) is 0 Å². The first-order chi connectivity index (χ1) is 13.7. The topological polar surface area (TPSA) is 34.6 Å². The number of methoxy groups -OCH3 is 1.